The summed E-state index contributed by atoms with van der Waals surface area (Å²) in [4.78, 5) is 11.7. The number of rotatable bonds is 6. The second kappa shape index (κ2) is 6.02. The first-order valence-electron chi connectivity index (χ1n) is 4.94. The van der Waals surface area contributed by atoms with E-state index in [9.17, 15) is 4.79 Å². The zero-order valence-corrected chi connectivity index (χ0v) is 10.6. The third-order valence-corrected chi connectivity index (χ3v) is 2.49. The maximum absolute atomic E-state index is 11.3. The molecule has 0 aliphatic carbocycles. The van der Waals surface area contributed by atoms with Crippen LogP contribution in [0, 0.1) is 5.41 Å². The predicted octanol–water partition coefficient (Wildman–Crippen LogP) is 0.840. The van der Waals surface area contributed by atoms with Crippen LogP contribution in [0.5, 0.6) is 0 Å². The largest absolute Gasteiger partial charge is 0.393 e. The van der Waals surface area contributed by atoms with Crippen LogP contribution in [0.3, 0.4) is 0 Å². The molecule has 4 nitrogen and oxygen atoms in total. The monoisotopic (exact) mass is 232 g/mol. The van der Waals surface area contributed by atoms with Gasteiger partial charge in [-0.1, -0.05) is 26.1 Å². The molecule has 15 heavy (non-hydrogen) atoms. The van der Waals surface area contributed by atoms with Gasteiger partial charge in [-0.15, -0.1) is 0 Å². The predicted molar refractivity (Wildman–Crippen MR) is 64.7 cm³/mol. The van der Waals surface area contributed by atoms with Gasteiger partial charge in [-0.05, 0) is 13.8 Å². The van der Waals surface area contributed by atoms with Crippen molar-refractivity contribution in [3.63, 3.8) is 0 Å². The Hall–Kier alpha value is -0.680. The molecule has 0 spiro atoms. The Bertz CT molecular complexity index is 240. The van der Waals surface area contributed by atoms with E-state index in [4.69, 9.17) is 22.7 Å². The smallest absolute Gasteiger partial charge is 0.246 e. The highest BCUT2D eigenvalue weighted by atomic mass is 32.1. The van der Waals surface area contributed by atoms with E-state index in [1.807, 2.05) is 27.7 Å². The first-order chi connectivity index (χ1) is 6.75. The van der Waals surface area contributed by atoms with Gasteiger partial charge in [0, 0.05) is 12.0 Å². The van der Waals surface area contributed by atoms with Crippen LogP contribution in [0.1, 0.15) is 27.7 Å². The van der Waals surface area contributed by atoms with Crippen molar-refractivity contribution < 1.29 is 9.53 Å². The number of nitrogens with one attached hydrogen (secondary N) is 1. The molecule has 0 fully saturated rings. The van der Waals surface area contributed by atoms with Gasteiger partial charge in [-0.2, -0.15) is 0 Å². The molecule has 0 aromatic rings. The summed E-state index contributed by atoms with van der Waals surface area (Å²) in [7, 11) is 0. The van der Waals surface area contributed by atoms with Gasteiger partial charge < -0.3 is 15.8 Å². The number of nitrogens with two attached hydrogens (primary N) is 1. The first-order valence-corrected chi connectivity index (χ1v) is 5.34. The van der Waals surface area contributed by atoms with Crippen molar-refractivity contribution in [1.29, 1.82) is 0 Å². The number of amides is 1. The summed E-state index contributed by atoms with van der Waals surface area (Å²) in [6, 6.07) is 0. The molecule has 0 rings (SSSR count). The summed E-state index contributed by atoms with van der Waals surface area (Å²) in [6.07, 6.45) is 0.0549. The summed E-state index contributed by atoms with van der Waals surface area (Å²) < 4.78 is 5.15. The van der Waals surface area contributed by atoms with Gasteiger partial charge in [0.05, 0.1) is 11.1 Å². The molecule has 0 heterocycles. The van der Waals surface area contributed by atoms with Crippen LogP contribution in [-0.4, -0.2) is 30.2 Å². The molecule has 0 atom stereocenters. The SMILES string of the molecule is CC(C)OCC(=O)NCC(C)(C)C(N)=S. The molecule has 3 N–H and O–H groups in total. The van der Waals surface area contributed by atoms with E-state index in [1.54, 1.807) is 0 Å². The second-order valence-electron chi connectivity index (χ2n) is 4.38. The highest BCUT2D eigenvalue weighted by Gasteiger charge is 2.21. The van der Waals surface area contributed by atoms with Crippen LogP contribution < -0.4 is 11.1 Å². The Balaban J connectivity index is 3.85. The van der Waals surface area contributed by atoms with Gasteiger partial charge in [-0.3, -0.25) is 4.79 Å². The molecule has 1 amide bonds. The number of ether oxygens (including phenoxy) is 1. The molecule has 0 saturated heterocycles. The number of hydrogen-bond acceptors (Lipinski definition) is 3. The minimum absolute atomic E-state index is 0.0549. The minimum atomic E-state index is -0.358. The summed E-state index contributed by atoms with van der Waals surface area (Å²) in [5.41, 5.74) is 5.17. The lowest BCUT2D eigenvalue weighted by molar-refractivity contribution is -0.127. The van der Waals surface area contributed by atoms with E-state index in [2.05, 4.69) is 5.32 Å². The van der Waals surface area contributed by atoms with Crippen molar-refractivity contribution in [2.45, 2.75) is 33.8 Å². The maximum atomic E-state index is 11.3. The molecule has 5 heteroatoms. The van der Waals surface area contributed by atoms with E-state index < -0.39 is 0 Å². The molecule has 0 aliphatic rings. The van der Waals surface area contributed by atoms with Crippen molar-refractivity contribution in [1.82, 2.24) is 5.32 Å². The Morgan fingerprint density at radius 2 is 2.07 bits per heavy atom. The van der Waals surface area contributed by atoms with Crippen molar-refractivity contribution in [3.8, 4) is 0 Å². The molecule has 0 aromatic heterocycles. The van der Waals surface area contributed by atoms with Crippen LogP contribution in [0.25, 0.3) is 0 Å². The van der Waals surface area contributed by atoms with Gasteiger partial charge in [0.25, 0.3) is 0 Å². The van der Waals surface area contributed by atoms with Crippen LogP contribution in [-0.2, 0) is 9.53 Å². The van der Waals surface area contributed by atoms with Gasteiger partial charge >= 0.3 is 0 Å². The zero-order valence-electron chi connectivity index (χ0n) is 9.79. The average molecular weight is 232 g/mol. The lowest BCUT2D eigenvalue weighted by Crippen LogP contribution is -2.42. The normalized spacial score (nSPS) is 11.5. The van der Waals surface area contributed by atoms with Crippen LogP contribution in [0.15, 0.2) is 0 Å². The first kappa shape index (κ1) is 14.3. The van der Waals surface area contributed by atoms with Crippen LogP contribution in [0.4, 0.5) is 0 Å². The van der Waals surface area contributed by atoms with Crippen molar-refractivity contribution in [2.75, 3.05) is 13.2 Å². The van der Waals surface area contributed by atoms with E-state index >= 15 is 0 Å². The molecular weight excluding hydrogens is 212 g/mol. The van der Waals surface area contributed by atoms with Crippen molar-refractivity contribution in [2.24, 2.45) is 11.1 Å². The number of carbonyl (C=O) groups is 1. The van der Waals surface area contributed by atoms with Gasteiger partial charge in [0.15, 0.2) is 0 Å². The Morgan fingerprint density at radius 3 is 2.47 bits per heavy atom. The second-order valence-corrected chi connectivity index (χ2v) is 4.82. The molecule has 0 unspecified atom stereocenters. The molecule has 88 valence electrons. The topological polar surface area (TPSA) is 64.3 Å². The van der Waals surface area contributed by atoms with Gasteiger partial charge in [-0.25, -0.2) is 0 Å². The fourth-order valence-electron chi connectivity index (χ4n) is 0.700. The van der Waals surface area contributed by atoms with Gasteiger partial charge in [0.1, 0.15) is 6.61 Å². The molecule has 0 radical (unpaired) electrons. The number of thiocarbonyl (C=S) groups is 1. The third-order valence-electron chi connectivity index (χ3n) is 1.94. The Kier molecular flexibility index (Phi) is 5.75. The highest BCUT2D eigenvalue weighted by molar-refractivity contribution is 7.80. The van der Waals surface area contributed by atoms with E-state index in [0.29, 0.717) is 11.5 Å². The van der Waals surface area contributed by atoms with E-state index in [-0.39, 0.29) is 24.0 Å². The zero-order chi connectivity index (χ0) is 12.1. The van der Waals surface area contributed by atoms with Crippen LogP contribution >= 0.6 is 12.2 Å². The lowest BCUT2D eigenvalue weighted by atomic mass is 9.94. The summed E-state index contributed by atoms with van der Waals surface area (Å²) in [6.45, 7) is 8.05. The summed E-state index contributed by atoms with van der Waals surface area (Å²) in [5, 5.41) is 2.73. The average Bonchev–Trinajstić information content (AvgIpc) is 2.11. The standard InChI is InChI=1S/C10H20N2O2S/c1-7(2)14-5-8(13)12-6-10(3,4)9(11)15/h7H,5-6H2,1-4H3,(H2,11,15)(H,12,13). The van der Waals surface area contributed by atoms with Crippen LogP contribution in [0.2, 0.25) is 0 Å². The minimum Gasteiger partial charge on any atom is -0.393 e. The van der Waals surface area contributed by atoms with E-state index in [0.717, 1.165) is 0 Å². The van der Waals surface area contributed by atoms with Gasteiger partial charge in [0.2, 0.25) is 5.91 Å². The maximum Gasteiger partial charge on any atom is 0.246 e. The number of carbonyl (C=O) groups excluding carboxylic acids is 1. The highest BCUT2D eigenvalue weighted by Crippen LogP contribution is 2.13. The Labute approximate surface area is 96.5 Å². The number of hydrogen-bond donors (Lipinski definition) is 2. The molecule has 0 bridgehead atoms. The van der Waals surface area contributed by atoms with Crippen molar-refractivity contribution in [3.05, 3.63) is 0 Å². The van der Waals surface area contributed by atoms with Crippen molar-refractivity contribution >= 4 is 23.1 Å². The fourth-order valence-corrected chi connectivity index (χ4v) is 0.772. The fraction of sp³-hybridized carbons (Fsp3) is 0.800. The molecule has 0 saturated carbocycles. The van der Waals surface area contributed by atoms with E-state index in [1.165, 1.54) is 0 Å². The molecule has 0 aromatic carbocycles. The summed E-state index contributed by atoms with van der Waals surface area (Å²) in [5.74, 6) is -0.145. The quantitative estimate of drug-likeness (QED) is 0.666. The lowest BCUT2D eigenvalue weighted by Gasteiger charge is -2.23. The Morgan fingerprint density at radius 1 is 1.53 bits per heavy atom. The molecular formula is C10H20N2O2S. The third kappa shape index (κ3) is 6.41. The molecule has 0 aliphatic heterocycles. The summed E-state index contributed by atoms with van der Waals surface area (Å²) >= 11 is 4.89.